The molecule has 0 saturated heterocycles. The third-order valence-electron chi connectivity index (χ3n) is 3.50. The van der Waals surface area contributed by atoms with E-state index in [0.29, 0.717) is 12.2 Å². The molecule has 2 heterocycles. The van der Waals surface area contributed by atoms with Crippen molar-refractivity contribution in [1.29, 1.82) is 0 Å². The Kier molecular flexibility index (Phi) is 5.03. The maximum Gasteiger partial charge on any atom is 0.333 e. The maximum atomic E-state index is 12.5. The molecule has 2 rings (SSSR count). The predicted molar refractivity (Wildman–Crippen MR) is 84.2 cm³/mol. The van der Waals surface area contributed by atoms with Crippen LogP contribution in [0.4, 0.5) is 0 Å². The first-order valence-corrected chi connectivity index (χ1v) is 7.61. The molecule has 0 N–H and O–H groups in total. The van der Waals surface area contributed by atoms with E-state index in [2.05, 4.69) is 0 Å². The molecule has 0 amide bonds. The Morgan fingerprint density at radius 2 is 1.91 bits per heavy atom. The molecular formula is C16H24N2O4. The molecular weight excluding hydrogens is 284 g/mol. The van der Waals surface area contributed by atoms with Crippen molar-refractivity contribution in [2.45, 2.75) is 59.1 Å². The molecule has 2 atom stereocenters. The first kappa shape index (κ1) is 16.7. The molecule has 0 radical (unpaired) electrons. The Hall–Kier alpha value is -1.66. The summed E-state index contributed by atoms with van der Waals surface area (Å²) < 4.78 is 14.1. The van der Waals surface area contributed by atoms with Crippen LogP contribution in [-0.4, -0.2) is 27.9 Å². The minimum atomic E-state index is -0.502. The van der Waals surface area contributed by atoms with Crippen molar-refractivity contribution < 1.29 is 9.47 Å². The van der Waals surface area contributed by atoms with Gasteiger partial charge in [0.25, 0.3) is 5.56 Å². The Morgan fingerprint density at radius 3 is 2.50 bits per heavy atom. The predicted octanol–water partition coefficient (Wildman–Crippen LogP) is 1.78. The smallest absolute Gasteiger partial charge is 0.333 e. The molecule has 0 fully saturated rings. The summed E-state index contributed by atoms with van der Waals surface area (Å²) >= 11 is 0. The monoisotopic (exact) mass is 308 g/mol. The molecule has 0 aromatic carbocycles. The van der Waals surface area contributed by atoms with Crippen molar-refractivity contribution in [3.63, 3.8) is 0 Å². The van der Waals surface area contributed by atoms with Crippen LogP contribution in [0.3, 0.4) is 0 Å². The molecule has 122 valence electrons. The van der Waals surface area contributed by atoms with Gasteiger partial charge in [0.15, 0.2) is 6.23 Å². The highest BCUT2D eigenvalue weighted by Crippen LogP contribution is 2.20. The molecule has 0 unspecified atom stereocenters. The number of ether oxygens (including phenoxy) is 2. The first-order valence-electron chi connectivity index (χ1n) is 7.61. The van der Waals surface area contributed by atoms with Gasteiger partial charge in [-0.05, 0) is 40.7 Å². The van der Waals surface area contributed by atoms with E-state index in [1.165, 1.54) is 9.13 Å². The number of rotatable bonds is 5. The van der Waals surface area contributed by atoms with Gasteiger partial charge < -0.3 is 9.47 Å². The minimum Gasteiger partial charge on any atom is -0.376 e. The van der Waals surface area contributed by atoms with E-state index in [0.717, 1.165) is 0 Å². The van der Waals surface area contributed by atoms with E-state index in [4.69, 9.17) is 9.47 Å². The summed E-state index contributed by atoms with van der Waals surface area (Å²) in [6, 6.07) is -0.198. The summed E-state index contributed by atoms with van der Waals surface area (Å²) in [4.78, 5) is 24.6. The van der Waals surface area contributed by atoms with E-state index in [1.54, 1.807) is 13.1 Å². The lowest BCUT2D eigenvalue weighted by Crippen LogP contribution is -2.43. The highest BCUT2D eigenvalue weighted by Gasteiger charge is 2.24. The van der Waals surface area contributed by atoms with Crippen LogP contribution in [0.25, 0.3) is 0 Å². The number of hydrogen-bond acceptors (Lipinski definition) is 4. The van der Waals surface area contributed by atoms with Gasteiger partial charge >= 0.3 is 5.69 Å². The van der Waals surface area contributed by atoms with Gasteiger partial charge in [0.1, 0.15) is 6.10 Å². The molecule has 0 bridgehead atoms. The van der Waals surface area contributed by atoms with E-state index in [1.807, 2.05) is 39.8 Å². The summed E-state index contributed by atoms with van der Waals surface area (Å²) in [7, 11) is 0. The molecule has 6 heteroatoms. The number of hydrogen-bond donors (Lipinski definition) is 0. The van der Waals surface area contributed by atoms with Gasteiger partial charge in [0.2, 0.25) is 0 Å². The van der Waals surface area contributed by atoms with Crippen molar-refractivity contribution >= 4 is 0 Å². The summed E-state index contributed by atoms with van der Waals surface area (Å²) in [5.41, 5.74) is -0.0872. The van der Waals surface area contributed by atoms with E-state index in [9.17, 15) is 9.59 Å². The summed E-state index contributed by atoms with van der Waals surface area (Å²) in [6.45, 7) is 9.71. The van der Waals surface area contributed by atoms with Gasteiger partial charge in [-0.25, -0.2) is 4.79 Å². The molecule has 22 heavy (non-hydrogen) atoms. The van der Waals surface area contributed by atoms with Gasteiger partial charge in [0.05, 0.1) is 12.7 Å². The van der Waals surface area contributed by atoms with Crippen LogP contribution in [0, 0.1) is 6.92 Å². The van der Waals surface area contributed by atoms with Crippen LogP contribution in [-0.2, 0) is 9.47 Å². The highest BCUT2D eigenvalue weighted by atomic mass is 16.6. The second-order valence-electron chi connectivity index (χ2n) is 6.10. The average Bonchev–Trinajstić information content (AvgIpc) is 2.89. The minimum absolute atomic E-state index is 0.129. The summed E-state index contributed by atoms with van der Waals surface area (Å²) in [5.74, 6) is 0. The van der Waals surface area contributed by atoms with Crippen molar-refractivity contribution in [2.24, 2.45) is 0 Å². The molecule has 0 aliphatic carbocycles. The van der Waals surface area contributed by atoms with Gasteiger partial charge in [-0.2, -0.15) is 0 Å². The Balaban J connectivity index is 2.27. The molecule has 6 nitrogen and oxygen atoms in total. The van der Waals surface area contributed by atoms with Crippen molar-refractivity contribution in [3.8, 4) is 0 Å². The van der Waals surface area contributed by atoms with Crippen LogP contribution in [0.5, 0.6) is 0 Å². The average molecular weight is 308 g/mol. The lowest BCUT2D eigenvalue weighted by molar-refractivity contribution is -0.0447. The first-order chi connectivity index (χ1) is 10.3. The van der Waals surface area contributed by atoms with Crippen molar-refractivity contribution in [3.05, 3.63) is 44.8 Å². The normalized spacial score (nSPS) is 21.2. The second-order valence-corrected chi connectivity index (χ2v) is 6.10. The van der Waals surface area contributed by atoms with Crippen LogP contribution >= 0.6 is 0 Å². The fourth-order valence-electron chi connectivity index (χ4n) is 2.39. The number of aryl methyl sites for hydroxylation is 1. The van der Waals surface area contributed by atoms with Crippen LogP contribution in [0.1, 0.15) is 45.5 Å². The SMILES string of the molecule is Cc1cn([C@H]2C=C[C@@H](COC(C)C)O2)c(=O)n(C(C)C)c1=O. The largest absolute Gasteiger partial charge is 0.376 e. The lowest BCUT2D eigenvalue weighted by Gasteiger charge is -2.20. The molecule has 1 aliphatic rings. The molecule has 0 spiro atoms. The van der Waals surface area contributed by atoms with Gasteiger partial charge in [0, 0.05) is 17.8 Å². The zero-order valence-electron chi connectivity index (χ0n) is 13.8. The zero-order chi connectivity index (χ0) is 16.4. The Morgan fingerprint density at radius 1 is 1.23 bits per heavy atom. The Labute approximate surface area is 130 Å². The topological polar surface area (TPSA) is 62.5 Å². The zero-order valence-corrected chi connectivity index (χ0v) is 13.8. The quantitative estimate of drug-likeness (QED) is 0.778. The van der Waals surface area contributed by atoms with E-state index in [-0.39, 0.29) is 29.5 Å². The summed E-state index contributed by atoms with van der Waals surface area (Å²) in [6.07, 6.45) is 4.72. The fraction of sp³-hybridized carbons (Fsp3) is 0.625. The Bertz CT molecular complexity index is 670. The van der Waals surface area contributed by atoms with Gasteiger partial charge in [-0.15, -0.1) is 0 Å². The van der Waals surface area contributed by atoms with E-state index < -0.39 is 6.23 Å². The number of nitrogens with zero attached hydrogens (tertiary/aromatic N) is 2. The van der Waals surface area contributed by atoms with Crippen LogP contribution in [0.2, 0.25) is 0 Å². The molecule has 1 aromatic rings. The standard InChI is InChI=1S/C16H24N2O4/c1-10(2)18-15(19)12(5)8-17(16(18)20)14-7-6-13(22-14)9-21-11(3)4/h6-8,10-11,13-14H,9H2,1-5H3/t13-,14+/m0/s1. The third kappa shape index (κ3) is 3.39. The van der Waals surface area contributed by atoms with E-state index >= 15 is 0 Å². The maximum absolute atomic E-state index is 12.5. The molecule has 1 aliphatic heterocycles. The molecule has 0 saturated carbocycles. The second kappa shape index (κ2) is 6.62. The van der Waals surface area contributed by atoms with Crippen LogP contribution in [0.15, 0.2) is 27.9 Å². The lowest BCUT2D eigenvalue weighted by atomic mass is 10.3. The van der Waals surface area contributed by atoms with Crippen molar-refractivity contribution in [2.75, 3.05) is 6.61 Å². The fourth-order valence-corrected chi connectivity index (χ4v) is 2.39. The van der Waals surface area contributed by atoms with Gasteiger partial charge in [-0.3, -0.25) is 13.9 Å². The highest BCUT2D eigenvalue weighted by molar-refractivity contribution is 5.08. The summed E-state index contributed by atoms with van der Waals surface area (Å²) in [5, 5.41) is 0. The number of aromatic nitrogens is 2. The third-order valence-corrected chi connectivity index (χ3v) is 3.50. The van der Waals surface area contributed by atoms with Crippen molar-refractivity contribution in [1.82, 2.24) is 9.13 Å². The molecule has 1 aromatic heterocycles. The van der Waals surface area contributed by atoms with Crippen LogP contribution < -0.4 is 11.2 Å². The van der Waals surface area contributed by atoms with Gasteiger partial charge in [-0.1, -0.05) is 6.08 Å².